The van der Waals surface area contributed by atoms with Crippen LogP contribution in [0.3, 0.4) is 0 Å². The van der Waals surface area contributed by atoms with Crippen molar-refractivity contribution in [1.82, 2.24) is 14.7 Å². The summed E-state index contributed by atoms with van der Waals surface area (Å²) in [6.07, 6.45) is 2.56. The Hall–Kier alpha value is -2.71. The molecule has 7 nitrogen and oxygen atoms in total. The molecule has 3 aromatic rings. The summed E-state index contributed by atoms with van der Waals surface area (Å²) in [6.45, 7) is 1.93. The number of sulfonamides is 1. The molecule has 0 aliphatic carbocycles. The number of aromatic amines is 1. The molecule has 0 aliphatic rings. The van der Waals surface area contributed by atoms with Crippen LogP contribution in [0.25, 0.3) is 10.9 Å². The number of pyridine rings is 1. The minimum absolute atomic E-state index is 0.0338. The van der Waals surface area contributed by atoms with Crippen LogP contribution in [-0.4, -0.2) is 30.5 Å². The zero-order chi connectivity index (χ0) is 18.0. The fourth-order valence-electron chi connectivity index (χ4n) is 2.54. The van der Waals surface area contributed by atoms with Gasteiger partial charge >= 0.3 is 0 Å². The molecule has 130 valence electrons. The van der Waals surface area contributed by atoms with E-state index in [2.05, 4.69) is 20.0 Å². The third-order valence-electron chi connectivity index (χ3n) is 3.73. The first-order chi connectivity index (χ1) is 11.8. The molecule has 0 atom stereocenters. The molecule has 8 heteroatoms. The quantitative estimate of drug-likeness (QED) is 0.650. The topological polar surface area (TPSA) is 104 Å². The van der Waals surface area contributed by atoms with Crippen molar-refractivity contribution < 1.29 is 13.2 Å². The zero-order valence-electron chi connectivity index (χ0n) is 13.8. The van der Waals surface area contributed by atoms with E-state index < -0.39 is 10.0 Å². The Morgan fingerprint density at radius 3 is 2.76 bits per heavy atom. The standard InChI is InChI=1S/C17H18N4O3S/c1-11-16(14-5-3-4-6-15(14)20-11)21-17(22)12-7-8-18-13(9-12)10-19-25(2,23)24/h3-9,19-20H,10H2,1-2H3,(H,21,22). The molecule has 0 spiro atoms. The fraction of sp³-hybridized carbons (Fsp3) is 0.176. The second-order valence-corrected chi connectivity index (χ2v) is 7.59. The molecular formula is C17H18N4O3S. The predicted octanol–water partition coefficient (Wildman–Crippen LogP) is 2.17. The van der Waals surface area contributed by atoms with Gasteiger partial charge in [0.1, 0.15) is 0 Å². The van der Waals surface area contributed by atoms with Crippen LogP contribution < -0.4 is 10.0 Å². The number of rotatable bonds is 5. The van der Waals surface area contributed by atoms with Crippen LogP contribution in [0.1, 0.15) is 21.7 Å². The van der Waals surface area contributed by atoms with Gasteiger partial charge in [0.15, 0.2) is 0 Å². The summed E-state index contributed by atoms with van der Waals surface area (Å²) in [6, 6.07) is 10.9. The minimum atomic E-state index is -3.32. The fourth-order valence-corrected chi connectivity index (χ4v) is 2.95. The molecule has 0 unspecified atom stereocenters. The van der Waals surface area contributed by atoms with Crippen molar-refractivity contribution in [1.29, 1.82) is 0 Å². The van der Waals surface area contributed by atoms with Crippen LogP contribution in [0.5, 0.6) is 0 Å². The normalized spacial score (nSPS) is 11.6. The number of amides is 1. The Morgan fingerprint density at radius 2 is 2.00 bits per heavy atom. The summed E-state index contributed by atoms with van der Waals surface area (Å²) in [4.78, 5) is 19.9. The lowest BCUT2D eigenvalue weighted by molar-refractivity contribution is 0.102. The van der Waals surface area contributed by atoms with Gasteiger partial charge in [-0.25, -0.2) is 13.1 Å². The van der Waals surface area contributed by atoms with Gasteiger partial charge in [-0.1, -0.05) is 18.2 Å². The second kappa shape index (κ2) is 6.66. The van der Waals surface area contributed by atoms with Crippen LogP contribution in [0.15, 0.2) is 42.6 Å². The third-order valence-corrected chi connectivity index (χ3v) is 4.40. The number of anilines is 1. The van der Waals surface area contributed by atoms with E-state index in [0.29, 0.717) is 11.3 Å². The molecule has 2 aromatic heterocycles. The minimum Gasteiger partial charge on any atom is -0.357 e. The maximum absolute atomic E-state index is 12.6. The number of carbonyl (C=O) groups is 1. The number of aromatic nitrogens is 2. The van der Waals surface area contributed by atoms with Crippen molar-refractivity contribution in [3.63, 3.8) is 0 Å². The van der Waals surface area contributed by atoms with Crippen LogP contribution in [0, 0.1) is 6.92 Å². The summed E-state index contributed by atoms with van der Waals surface area (Å²) in [5.74, 6) is -0.282. The maximum Gasteiger partial charge on any atom is 0.255 e. The molecule has 0 aliphatic heterocycles. The van der Waals surface area contributed by atoms with Crippen molar-refractivity contribution in [2.75, 3.05) is 11.6 Å². The Kier molecular flexibility index (Phi) is 4.56. The monoisotopic (exact) mass is 358 g/mol. The number of aryl methyl sites for hydroxylation is 1. The second-order valence-electron chi connectivity index (χ2n) is 5.75. The first-order valence-electron chi connectivity index (χ1n) is 7.62. The molecule has 0 saturated heterocycles. The first kappa shape index (κ1) is 17.1. The Balaban J connectivity index is 1.82. The predicted molar refractivity (Wildman–Crippen MR) is 96.9 cm³/mol. The van der Waals surface area contributed by atoms with Gasteiger partial charge in [0.25, 0.3) is 5.91 Å². The lowest BCUT2D eigenvalue weighted by Gasteiger charge is -2.07. The van der Waals surface area contributed by atoms with Crippen molar-refractivity contribution in [3.8, 4) is 0 Å². The van der Waals surface area contributed by atoms with E-state index in [9.17, 15) is 13.2 Å². The largest absolute Gasteiger partial charge is 0.357 e. The highest BCUT2D eigenvalue weighted by Crippen LogP contribution is 2.27. The average Bonchev–Trinajstić information content (AvgIpc) is 2.88. The van der Waals surface area contributed by atoms with E-state index in [-0.39, 0.29) is 12.5 Å². The highest BCUT2D eigenvalue weighted by atomic mass is 32.2. The van der Waals surface area contributed by atoms with Crippen molar-refractivity contribution >= 4 is 32.5 Å². The van der Waals surface area contributed by atoms with Crippen LogP contribution in [0.2, 0.25) is 0 Å². The van der Waals surface area contributed by atoms with Gasteiger partial charge in [-0.3, -0.25) is 9.78 Å². The van der Waals surface area contributed by atoms with Crippen LogP contribution in [0.4, 0.5) is 5.69 Å². The lowest BCUT2D eigenvalue weighted by Crippen LogP contribution is -2.22. The molecule has 0 saturated carbocycles. The van der Waals surface area contributed by atoms with Crippen molar-refractivity contribution in [2.45, 2.75) is 13.5 Å². The number of H-pyrrole nitrogens is 1. The van der Waals surface area contributed by atoms with E-state index in [4.69, 9.17) is 0 Å². The van der Waals surface area contributed by atoms with E-state index in [0.717, 1.165) is 28.5 Å². The smallest absolute Gasteiger partial charge is 0.255 e. The maximum atomic E-state index is 12.6. The van der Waals surface area contributed by atoms with Crippen molar-refractivity contribution in [2.24, 2.45) is 0 Å². The molecule has 2 heterocycles. The average molecular weight is 358 g/mol. The van der Waals surface area contributed by atoms with Gasteiger partial charge in [0.2, 0.25) is 10.0 Å². The zero-order valence-corrected chi connectivity index (χ0v) is 14.6. The number of hydrogen-bond acceptors (Lipinski definition) is 4. The molecule has 0 bridgehead atoms. The molecular weight excluding hydrogens is 340 g/mol. The van der Waals surface area contributed by atoms with Gasteiger partial charge in [0.05, 0.1) is 24.2 Å². The highest BCUT2D eigenvalue weighted by Gasteiger charge is 2.13. The highest BCUT2D eigenvalue weighted by molar-refractivity contribution is 7.88. The Bertz CT molecular complexity index is 1040. The summed E-state index contributed by atoms with van der Waals surface area (Å²) in [5, 5.41) is 3.84. The number of nitrogens with zero attached hydrogens (tertiary/aromatic N) is 1. The van der Waals surface area contributed by atoms with Crippen LogP contribution in [-0.2, 0) is 16.6 Å². The molecule has 0 radical (unpaired) electrons. The number of fused-ring (bicyclic) bond motifs is 1. The molecule has 3 N–H and O–H groups in total. The molecule has 1 aromatic carbocycles. The van der Waals surface area contributed by atoms with Crippen LogP contribution >= 0.6 is 0 Å². The van der Waals surface area contributed by atoms with Gasteiger partial charge in [-0.2, -0.15) is 0 Å². The van der Waals surface area contributed by atoms with E-state index >= 15 is 0 Å². The SMILES string of the molecule is Cc1[nH]c2ccccc2c1NC(=O)c1ccnc(CNS(C)(=O)=O)c1. The number of para-hydroxylation sites is 1. The van der Waals surface area contributed by atoms with E-state index in [1.807, 2.05) is 31.2 Å². The Labute approximate surface area is 145 Å². The van der Waals surface area contributed by atoms with Gasteiger partial charge in [-0.15, -0.1) is 0 Å². The van der Waals surface area contributed by atoms with Gasteiger partial charge in [-0.05, 0) is 25.1 Å². The lowest BCUT2D eigenvalue weighted by atomic mass is 10.2. The summed E-state index contributed by atoms with van der Waals surface area (Å²) in [7, 11) is -3.32. The molecule has 25 heavy (non-hydrogen) atoms. The Morgan fingerprint density at radius 1 is 1.24 bits per heavy atom. The van der Waals surface area contributed by atoms with Gasteiger partial charge < -0.3 is 10.3 Å². The van der Waals surface area contributed by atoms with Crippen molar-refractivity contribution in [3.05, 3.63) is 59.5 Å². The molecule has 0 fully saturated rings. The summed E-state index contributed by atoms with van der Waals surface area (Å²) < 4.78 is 24.7. The third kappa shape index (κ3) is 4.04. The first-order valence-corrected chi connectivity index (χ1v) is 9.51. The summed E-state index contributed by atoms with van der Waals surface area (Å²) >= 11 is 0. The van der Waals surface area contributed by atoms with E-state index in [1.54, 1.807) is 12.1 Å². The molecule has 3 rings (SSSR count). The molecule has 1 amide bonds. The number of carbonyl (C=O) groups excluding carboxylic acids is 1. The number of nitrogens with one attached hydrogen (secondary N) is 3. The number of benzene rings is 1. The van der Waals surface area contributed by atoms with E-state index in [1.165, 1.54) is 6.20 Å². The summed E-state index contributed by atoms with van der Waals surface area (Å²) in [5.41, 5.74) is 3.41. The van der Waals surface area contributed by atoms with Gasteiger partial charge in [0, 0.05) is 28.4 Å². The number of hydrogen-bond donors (Lipinski definition) is 3.